The zero-order chi connectivity index (χ0) is 16.6. The predicted octanol–water partition coefficient (Wildman–Crippen LogP) is 1.98. The summed E-state index contributed by atoms with van der Waals surface area (Å²) in [6, 6.07) is 6.98. The van der Waals surface area contributed by atoms with Gasteiger partial charge >= 0.3 is 5.97 Å². The number of hydrogen-bond acceptors (Lipinski definition) is 5. The summed E-state index contributed by atoms with van der Waals surface area (Å²) in [5.41, 5.74) is 0.0962. The highest BCUT2D eigenvalue weighted by Gasteiger charge is 2.42. The van der Waals surface area contributed by atoms with Crippen molar-refractivity contribution in [2.24, 2.45) is 5.41 Å². The minimum absolute atomic E-state index is 0.193. The summed E-state index contributed by atoms with van der Waals surface area (Å²) in [7, 11) is 0. The van der Waals surface area contributed by atoms with E-state index in [0.29, 0.717) is 29.9 Å². The van der Waals surface area contributed by atoms with Crippen molar-refractivity contribution in [2.75, 3.05) is 13.1 Å². The summed E-state index contributed by atoms with van der Waals surface area (Å²) in [5, 5.41) is 13.1. The van der Waals surface area contributed by atoms with E-state index >= 15 is 0 Å². The molecule has 0 radical (unpaired) electrons. The van der Waals surface area contributed by atoms with Gasteiger partial charge in [-0.1, -0.05) is 17.3 Å². The number of aryl methyl sites for hydroxylation is 1. The summed E-state index contributed by atoms with van der Waals surface area (Å²) in [4.78, 5) is 29.9. The third kappa shape index (κ3) is 2.69. The van der Waals surface area contributed by atoms with E-state index in [1.165, 1.54) is 0 Å². The molecule has 1 N–H and O–H groups in total. The maximum atomic E-state index is 12.8. The lowest BCUT2D eigenvalue weighted by molar-refractivity contribution is -0.147. The van der Waals surface area contributed by atoms with Crippen LogP contribution in [0.4, 0.5) is 0 Å². The average Bonchev–Trinajstić information content (AvgIpc) is 3.14. The van der Waals surface area contributed by atoms with Gasteiger partial charge in [0.2, 0.25) is 0 Å². The van der Waals surface area contributed by atoms with Gasteiger partial charge in [-0.2, -0.15) is 4.98 Å². The molecule has 1 saturated heterocycles. The summed E-state index contributed by atoms with van der Waals surface area (Å²) < 4.78 is 5.16. The normalized spacial score (nSPS) is 20.7. The van der Waals surface area contributed by atoms with Crippen LogP contribution in [0.3, 0.4) is 0 Å². The third-order valence-corrected chi connectivity index (χ3v) is 4.19. The molecule has 1 atom stereocenters. The van der Waals surface area contributed by atoms with E-state index in [1.54, 1.807) is 43.0 Å². The van der Waals surface area contributed by atoms with Gasteiger partial charge in [0.15, 0.2) is 5.82 Å². The van der Waals surface area contributed by atoms with Crippen LogP contribution in [0.5, 0.6) is 0 Å². The van der Waals surface area contributed by atoms with Crippen molar-refractivity contribution in [3.63, 3.8) is 0 Å². The maximum Gasteiger partial charge on any atom is 0.311 e. The van der Waals surface area contributed by atoms with Crippen LogP contribution in [-0.2, 0) is 4.79 Å². The second kappa shape index (κ2) is 5.49. The molecular weight excluding hydrogens is 298 g/mol. The minimum Gasteiger partial charge on any atom is -0.481 e. The third-order valence-electron chi connectivity index (χ3n) is 4.19. The molecule has 2 aromatic rings. The largest absolute Gasteiger partial charge is 0.481 e. The first-order valence-corrected chi connectivity index (χ1v) is 7.33. The first-order chi connectivity index (χ1) is 10.9. The Labute approximate surface area is 132 Å². The molecule has 0 spiro atoms. The summed E-state index contributed by atoms with van der Waals surface area (Å²) in [6.45, 7) is 3.98. The zero-order valence-corrected chi connectivity index (χ0v) is 12.9. The van der Waals surface area contributed by atoms with Gasteiger partial charge in [0.1, 0.15) is 0 Å². The Bertz CT molecular complexity index is 770. The quantitative estimate of drug-likeness (QED) is 0.930. The van der Waals surface area contributed by atoms with Crippen molar-refractivity contribution in [3.8, 4) is 11.5 Å². The smallest absolute Gasteiger partial charge is 0.311 e. The lowest BCUT2D eigenvalue weighted by Crippen LogP contribution is -2.35. The molecule has 7 heteroatoms. The Hall–Kier alpha value is -2.70. The monoisotopic (exact) mass is 315 g/mol. The van der Waals surface area contributed by atoms with Gasteiger partial charge in [-0.05, 0) is 32.4 Å². The van der Waals surface area contributed by atoms with Gasteiger partial charge in [0.05, 0.1) is 16.5 Å². The molecule has 3 rings (SSSR count). The van der Waals surface area contributed by atoms with Gasteiger partial charge in [0.25, 0.3) is 11.8 Å². The van der Waals surface area contributed by atoms with Gasteiger partial charge in [-0.3, -0.25) is 9.59 Å². The highest BCUT2D eigenvalue weighted by atomic mass is 16.5. The van der Waals surface area contributed by atoms with Gasteiger partial charge < -0.3 is 14.5 Å². The van der Waals surface area contributed by atoms with E-state index in [9.17, 15) is 14.7 Å². The molecule has 1 aliphatic rings. The summed E-state index contributed by atoms with van der Waals surface area (Å²) in [5.74, 6) is -0.330. The maximum absolute atomic E-state index is 12.8. The molecule has 1 aromatic heterocycles. The van der Waals surface area contributed by atoms with Crippen molar-refractivity contribution in [2.45, 2.75) is 20.3 Å². The number of carboxylic acids is 1. The first-order valence-electron chi connectivity index (χ1n) is 7.33. The highest BCUT2D eigenvalue weighted by Crippen LogP contribution is 2.32. The lowest BCUT2D eigenvalue weighted by atomic mass is 9.90. The van der Waals surface area contributed by atoms with Crippen molar-refractivity contribution in [1.29, 1.82) is 0 Å². The topological polar surface area (TPSA) is 96.5 Å². The van der Waals surface area contributed by atoms with Gasteiger partial charge in [0, 0.05) is 13.1 Å². The number of aromatic nitrogens is 2. The summed E-state index contributed by atoms with van der Waals surface area (Å²) in [6.07, 6.45) is 0.440. The van der Waals surface area contributed by atoms with Crippen LogP contribution in [0.1, 0.15) is 29.5 Å². The van der Waals surface area contributed by atoms with Crippen molar-refractivity contribution < 1.29 is 19.2 Å². The molecule has 0 bridgehead atoms. The lowest BCUT2D eigenvalue weighted by Gasteiger charge is -2.20. The molecule has 7 nitrogen and oxygen atoms in total. The Morgan fingerprint density at radius 1 is 1.35 bits per heavy atom. The Morgan fingerprint density at radius 2 is 2.09 bits per heavy atom. The summed E-state index contributed by atoms with van der Waals surface area (Å²) >= 11 is 0. The standard InChI is InChI=1S/C16H17N3O4/c1-10-17-13(23-18-10)11-5-3-4-6-12(11)14(20)19-8-7-16(2,9-19)15(21)22/h3-6H,7-9H2,1-2H3,(H,21,22). The number of amides is 1. The minimum atomic E-state index is -0.897. The van der Waals surface area contributed by atoms with E-state index in [-0.39, 0.29) is 18.3 Å². The van der Waals surface area contributed by atoms with E-state index in [0.717, 1.165) is 0 Å². The van der Waals surface area contributed by atoms with E-state index in [1.807, 2.05) is 0 Å². The fraction of sp³-hybridized carbons (Fsp3) is 0.375. The molecule has 1 amide bonds. The number of carbonyl (C=O) groups excluding carboxylic acids is 1. The first kappa shape index (κ1) is 15.2. The number of benzene rings is 1. The van der Waals surface area contributed by atoms with Gasteiger partial charge in [-0.15, -0.1) is 0 Å². The van der Waals surface area contributed by atoms with E-state index < -0.39 is 11.4 Å². The van der Waals surface area contributed by atoms with Crippen LogP contribution in [0.2, 0.25) is 0 Å². The van der Waals surface area contributed by atoms with Crippen LogP contribution in [0.15, 0.2) is 28.8 Å². The SMILES string of the molecule is Cc1noc(-c2ccccc2C(=O)N2CCC(C)(C(=O)O)C2)n1. The van der Waals surface area contributed by atoms with Crippen molar-refractivity contribution >= 4 is 11.9 Å². The molecule has 1 fully saturated rings. The fourth-order valence-corrected chi connectivity index (χ4v) is 2.74. The van der Waals surface area contributed by atoms with Crippen molar-refractivity contribution in [3.05, 3.63) is 35.7 Å². The molecule has 2 heterocycles. The van der Waals surface area contributed by atoms with Crippen LogP contribution in [0, 0.1) is 12.3 Å². The fourth-order valence-electron chi connectivity index (χ4n) is 2.74. The van der Waals surface area contributed by atoms with Crippen LogP contribution in [0.25, 0.3) is 11.5 Å². The van der Waals surface area contributed by atoms with E-state index in [2.05, 4.69) is 10.1 Å². The second-order valence-electron chi connectivity index (χ2n) is 6.03. The molecule has 1 unspecified atom stereocenters. The molecule has 23 heavy (non-hydrogen) atoms. The number of carbonyl (C=O) groups is 2. The number of nitrogens with zero attached hydrogens (tertiary/aromatic N) is 3. The molecule has 1 aromatic carbocycles. The molecule has 0 aliphatic carbocycles. The van der Waals surface area contributed by atoms with Crippen LogP contribution < -0.4 is 0 Å². The molecule has 120 valence electrons. The molecule has 1 aliphatic heterocycles. The van der Waals surface area contributed by atoms with Crippen LogP contribution in [-0.4, -0.2) is 45.1 Å². The number of aliphatic carboxylic acids is 1. The Kier molecular flexibility index (Phi) is 3.63. The van der Waals surface area contributed by atoms with Crippen molar-refractivity contribution in [1.82, 2.24) is 15.0 Å². The number of carboxylic acid groups (broad SMARTS) is 1. The Morgan fingerprint density at radius 3 is 2.70 bits per heavy atom. The van der Waals surface area contributed by atoms with E-state index in [4.69, 9.17) is 4.52 Å². The zero-order valence-electron chi connectivity index (χ0n) is 12.9. The van der Waals surface area contributed by atoms with Gasteiger partial charge in [-0.25, -0.2) is 0 Å². The molecule has 0 saturated carbocycles. The second-order valence-corrected chi connectivity index (χ2v) is 6.03. The van der Waals surface area contributed by atoms with Crippen LogP contribution >= 0.6 is 0 Å². The number of likely N-dealkylation sites (tertiary alicyclic amines) is 1. The number of hydrogen-bond donors (Lipinski definition) is 1. The Balaban J connectivity index is 1.91. The number of rotatable bonds is 3. The predicted molar refractivity (Wildman–Crippen MR) is 80.7 cm³/mol. The molecular formula is C16H17N3O4. The highest BCUT2D eigenvalue weighted by molar-refractivity contribution is 6.00. The average molecular weight is 315 g/mol.